The Labute approximate surface area is 76.2 Å². The molecule has 0 aliphatic heterocycles. The molecule has 1 heterocycles. The summed E-state index contributed by atoms with van der Waals surface area (Å²) >= 11 is 0. The lowest BCUT2D eigenvalue weighted by atomic mass is 10.0. The molecule has 0 radical (unpaired) electrons. The van der Waals surface area contributed by atoms with Gasteiger partial charge in [-0.2, -0.15) is 0 Å². The summed E-state index contributed by atoms with van der Waals surface area (Å²) in [7, 11) is 1.50. The van der Waals surface area contributed by atoms with Crippen LogP contribution >= 0.6 is 0 Å². The van der Waals surface area contributed by atoms with Crippen LogP contribution in [0, 0.1) is 0 Å². The van der Waals surface area contributed by atoms with E-state index < -0.39 is 11.9 Å². The first-order valence-corrected chi connectivity index (χ1v) is 3.86. The number of aromatic nitrogens is 1. The SMILES string of the molecule is COc1ccc(C(C)C(=O)[O-])cn1. The molecule has 0 aromatic carbocycles. The molecule has 0 N–H and O–H groups in total. The normalized spacial score (nSPS) is 12.2. The standard InChI is InChI=1S/C9H11NO3/c1-6(9(11)12)7-3-4-8(13-2)10-5-7/h3-6H,1-2H3,(H,11,12)/p-1. The third-order valence-corrected chi connectivity index (χ3v) is 1.82. The van der Waals surface area contributed by atoms with Crippen molar-refractivity contribution in [1.82, 2.24) is 4.98 Å². The van der Waals surface area contributed by atoms with Crippen LogP contribution in [0.25, 0.3) is 0 Å². The first kappa shape index (κ1) is 9.51. The summed E-state index contributed by atoms with van der Waals surface area (Å²) in [6.07, 6.45) is 1.47. The Kier molecular flexibility index (Phi) is 2.84. The third kappa shape index (κ3) is 2.18. The van der Waals surface area contributed by atoms with Crippen molar-refractivity contribution in [2.24, 2.45) is 0 Å². The Bertz CT molecular complexity index is 294. The molecule has 0 fully saturated rings. The van der Waals surface area contributed by atoms with E-state index in [0.29, 0.717) is 11.4 Å². The quantitative estimate of drug-likeness (QED) is 0.654. The highest BCUT2D eigenvalue weighted by Crippen LogP contribution is 2.15. The minimum absolute atomic E-state index is 0.467. The van der Waals surface area contributed by atoms with Crippen LogP contribution in [-0.4, -0.2) is 18.1 Å². The summed E-state index contributed by atoms with van der Waals surface area (Å²) in [6, 6.07) is 3.28. The lowest BCUT2D eigenvalue weighted by Gasteiger charge is -2.12. The van der Waals surface area contributed by atoms with E-state index >= 15 is 0 Å². The van der Waals surface area contributed by atoms with Crippen LogP contribution in [0.2, 0.25) is 0 Å². The maximum absolute atomic E-state index is 10.5. The number of hydrogen-bond donors (Lipinski definition) is 0. The fourth-order valence-corrected chi connectivity index (χ4v) is 0.905. The molecule has 13 heavy (non-hydrogen) atoms. The first-order chi connectivity index (χ1) is 6.15. The molecule has 4 nitrogen and oxygen atoms in total. The Morgan fingerprint density at radius 1 is 1.62 bits per heavy atom. The predicted molar refractivity (Wildman–Crippen MR) is 44.2 cm³/mol. The van der Waals surface area contributed by atoms with Crippen molar-refractivity contribution >= 4 is 5.97 Å². The number of pyridine rings is 1. The number of carboxylic acids is 1. The minimum Gasteiger partial charge on any atom is -0.550 e. The van der Waals surface area contributed by atoms with Crippen LogP contribution in [0.5, 0.6) is 5.88 Å². The smallest absolute Gasteiger partial charge is 0.212 e. The zero-order valence-electron chi connectivity index (χ0n) is 7.48. The molecule has 1 aromatic heterocycles. The Morgan fingerprint density at radius 3 is 2.69 bits per heavy atom. The van der Waals surface area contributed by atoms with E-state index in [0.717, 1.165) is 0 Å². The molecule has 0 amide bonds. The number of methoxy groups -OCH3 is 1. The fourth-order valence-electron chi connectivity index (χ4n) is 0.905. The molecule has 0 spiro atoms. The van der Waals surface area contributed by atoms with E-state index in [4.69, 9.17) is 4.74 Å². The summed E-state index contributed by atoms with van der Waals surface area (Å²) in [4.78, 5) is 14.4. The minimum atomic E-state index is -1.10. The summed E-state index contributed by atoms with van der Waals surface area (Å²) < 4.78 is 4.84. The van der Waals surface area contributed by atoms with Gasteiger partial charge in [0.15, 0.2) is 0 Å². The van der Waals surface area contributed by atoms with Crippen LogP contribution in [-0.2, 0) is 4.79 Å². The predicted octanol–water partition coefficient (Wildman–Crippen LogP) is -0.0564. The summed E-state index contributed by atoms with van der Waals surface area (Å²) in [5.74, 6) is -1.28. The van der Waals surface area contributed by atoms with Crippen molar-refractivity contribution in [3.8, 4) is 5.88 Å². The van der Waals surface area contributed by atoms with E-state index in [1.165, 1.54) is 13.3 Å². The molecule has 0 aliphatic rings. The lowest BCUT2D eigenvalue weighted by molar-refractivity contribution is -0.307. The van der Waals surface area contributed by atoms with Gasteiger partial charge in [-0.3, -0.25) is 0 Å². The van der Waals surface area contributed by atoms with E-state index in [9.17, 15) is 9.90 Å². The van der Waals surface area contributed by atoms with Crippen molar-refractivity contribution in [3.05, 3.63) is 23.9 Å². The first-order valence-electron chi connectivity index (χ1n) is 3.86. The Morgan fingerprint density at radius 2 is 2.31 bits per heavy atom. The van der Waals surface area contributed by atoms with Gasteiger partial charge in [-0.05, 0) is 5.56 Å². The maximum atomic E-state index is 10.5. The zero-order valence-corrected chi connectivity index (χ0v) is 7.48. The van der Waals surface area contributed by atoms with Gasteiger partial charge in [-0.15, -0.1) is 0 Å². The number of aliphatic carboxylic acids is 1. The van der Waals surface area contributed by atoms with Gasteiger partial charge in [0.05, 0.1) is 7.11 Å². The van der Waals surface area contributed by atoms with Gasteiger partial charge < -0.3 is 14.6 Å². The maximum Gasteiger partial charge on any atom is 0.212 e. The summed E-state index contributed by atoms with van der Waals surface area (Å²) in [6.45, 7) is 1.55. The van der Waals surface area contributed by atoms with Gasteiger partial charge >= 0.3 is 0 Å². The van der Waals surface area contributed by atoms with Crippen LogP contribution in [0.4, 0.5) is 0 Å². The number of ether oxygens (including phenoxy) is 1. The highest BCUT2D eigenvalue weighted by molar-refractivity contribution is 5.73. The van der Waals surface area contributed by atoms with Crippen LogP contribution in [0.1, 0.15) is 18.4 Å². The highest BCUT2D eigenvalue weighted by atomic mass is 16.5. The monoisotopic (exact) mass is 180 g/mol. The topological polar surface area (TPSA) is 62.2 Å². The van der Waals surface area contributed by atoms with E-state index in [-0.39, 0.29) is 0 Å². The molecule has 0 saturated carbocycles. The average Bonchev–Trinajstić information content (AvgIpc) is 2.17. The molecule has 1 rings (SSSR count). The molecule has 70 valence electrons. The third-order valence-electron chi connectivity index (χ3n) is 1.82. The van der Waals surface area contributed by atoms with E-state index in [1.54, 1.807) is 19.1 Å². The molecule has 1 unspecified atom stereocenters. The fraction of sp³-hybridized carbons (Fsp3) is 0.333. The lowest BCUT2D eigenvalue weighted by Crippen LogP contribution is -2.28. The second-order valence-corrected chi connectivity index (χ2v) is 2.67. The molecule has 0 saturated heterocycles. The van der Waals surface area contributed by atoms with E-state index in [2.05, 4.69) is 4.98 Å². The summed E-state index contributed by atoms with van der Waals surface area (Å²) in [5.41, 5.74) is 0.612. The van der Waals surface area contributed by atoms with Gasteiger partial charge in [-0.25, -0.2) is 4.98 Å². The molecule has 0 bridgehead atoms. The van der Waals surface area contributed by atoms with Crippen molar-refractivity contribution < 1.29 is 14.6 Å². The number of hydrogen-bond acceptors (Lipinski definition) is 4. The van der Waals surface area contributed by atoms with Gasteiger partial charge in [0.1, 0.15) is 0 Å². The van der Waals surface area contributed by atoms with Crippen molar-refractivity contribution in [2.75, 3.05) is 7.11 Å². The molecular weight excluding hydrogens is 170 g/mol. The number of nitrogens with zero attached hydrogens (tertiary/aromatic N) is 1. The number of carbonyl (C=O) groups excluding carboxylic acids is 1. The zero-order chi connectivity index (χ0) is 9.84. The van der Waals surface area contributed by atoms with Gasteiger partial charge in [0, 0.05) is 24.2 Å². The van der Waals surface area contributed by atoms with E-state index in [1.807, 2.05) is 0 Å². The van der Waals surface area contributed by atoms with Gasteiger partial charge in [-0.1, -0.05) is 13.0 Å². The largest absolute Gasteiger partial charge is 0.550 e. The Hall–Kier alpha value is -1.58. The van der Waals surface area contributed by atoms with Gasteiger partial charge in [0.25, 0.3) is 0 Å². The van der Waals surface area contributed by atoms with Crippen molar-refractivity contribution in [3.63, 3.8) is 0 Å². The molecule has 1 atom stereocenters. The van der Waals surface area contributed by atoms with Crippen LogP contribution < -0.4 is 9.84 Å². The molecule has 1 aromatic rings. The van der Waals surface area contributed by atoms with Gasteiger partial charge in [0.2, 0.25) is 5.88 Å². The van der Waals surface area contributed by atoms with Crippen molar-refractivity contribution in [2.45, 2.75) is 12.8 Å². The molecular formula is C9H10NO3-. The average molecular weight is 180 g/mol. The Balaban J connectivity index is 2.85. The van der Waals surface area contributed by atoms with Crippen LogP contribution in [0.15, 0.2) is 18.3 Å². The second kappa shape index (κ2) is 3.89. The number of rotatable bonds is 3. The van der Waals surface area contributed by atoms with Crippen LogP contribution in [0.3, 0.4) is 0 Å². The summed E-state index contributed by atoms with van der Waals surface area (Å²) in [5, 5.41) is 10.5. The molecule has 0 aliphatic carbocycles. The second-order valence-electron chi connectivity index (χ2n) is 2.67. The number of carbonyl (C=O) groups is 1. The highest BCUT2D eigenvalue weighted by Gasteiger charge is 2.06. The number of carboxylic acid groups (broad SMARTS) is 1. The molecule has 4 heteroatoms. The van der Waals surface area contributed by atoms with Crippen molar-refractivity contribution in [1.29, 1.82) is 0 Å².